The highest BCUT2D eigenvalue weighted by molar-refractivity contribution is 14.0. The van der Waals surface area contributed by atoms with Crippen LogP contribution in [-0.2, 0) is 13.1 Å². The first-order chi connectivity index (χ1) is 12.7. The van der Waals surface area contributed by atoms with Crippen molar-refractivity contribution in [2.24, 2.45) is 10.9 Å². The molecule has 1 fully saturated rings. The summed E-state index contributed by atoms with van der Waals surface area (Å²) in [5, 5.41) is 3.47. The number of nitrogens with one attached hydrogen (secondary N) is 1. The number of pyridine rings is 1. The fourth-order valence-electron chi connectivity index (χ4n) is 3.45. The van der Waals surface area contributed by atoms with Crippen LogP contribution in [0, 0.1) is 5.92 Å². The number of aromatic nitrogens is 1. The average molecular weight is 480 g/mol. The summed E-state index contributed by atoms with van der Waals surface area (Å²) in [4.78, 5) is 18.6. The second-order valence-electron chi connectivity index (χ2n) is 7.08. The van der Waals surface area contributed by atoms with Gasteiger partial charge in [0, 0.05) is 38.9 Å². The Morgan fingerprint density at radius 1 is 1.19 bits per heavy atom. The minimum Gasteiger partial charge on any atom is -0.352 e. The molecule has 1 unspecified atom stereocenters. The third kappa shape index (κ3) is 6.09. The van der Waals surface area contributed by atoms with Crippen molar-refractivity contribution in [3.63, 3.8) is 0 Å². The maximum absolute atomic E-state index is 11.8. The SMILES string of the molecule is CN=C(NCc1ccc(Cn2ccccc2=O)cc1)N1CCCC(C)C1.I. The lowest BCUT2D eigenvalue weighted by Crippen LogP contribution is -2.45. The molecule has 1 atom stereocenters. The number of hydrogen-bond donors (Lipinski definition) is 1. The zero-order valence-corrected chi connectivity index (χ0v) is 18.4. The van der Waals surface area contributed by atoms with Crippen LogP contribution in [-0.4, -0.2) is 35.6 Å². The van der Waals surface area contributed by atoms with E-state index in [0.717, 1.165) is 37.1 Å². The molecular formula is C21H29IN4O. The van der Waals surface area contributed by atoms with E-state index < -0.39 is 0 Å². The Balaban J connectivity index is 0.00000261. The molecule has 1 aromatic heterocycles. The van der Waals surface area contributed by atoms with Gasteiger partial charge < -0.3 is 14.8 Å². The number of likely N-dealkylation sites (tertiary alicyclic amines) is 1. The Labute approximate surface area is 178 Å². The highest BCUT2D eigenvalue weighted by Crippen LogP contribution is 2.15. The molecule has 1 saturated heterocycles. The van der Waals surface area contributed by atoms with Gasteiger partial charge in [0.05, 0.1) is 6.54 Å². The Bertz CT molecular complexity index is 800. The average Bonchev–Trinajstić information content (AvgIpc) is 2.65. The van der Waals surface area contributed by atoms with E-state index in [1.165, 1.54) is 18.4 Å². The van der Waals surface area contributed by atoms with E-state index in [2.05, 4.69) is 46.4 Å². The van der Waals surface area contributed by atoms with Gasteiger partial charge in [-0.15, -0.1) is 24.0 Å². The van der Waals surface area contributed by atoms with Gasteiger partial charge in [0.1, 0.15) is 0 Å². The Morgan fingerprint density at radius 3 is 2.59 bits per heavy atom. The fourth-order valence-corrected chi connectivity index (χ4v) is 3.45. The topological polar surface area (TPSA) is 49.6 Å². The standard InChI is InChI=1S/C21H28N4O.HI/c1-17-6-5-13-25(15-17)21(22-2)23-14-18-8-10-19(11-9-18)16-24-12-4-3-7-20(24)26;/h3-4,7-12,17H,5-6,13-16H2,1-2H3,(H,22,23);1H. The normalized spacial score (nSPS) is 17.3. The number of rotatable bonds is 4. The Hall–Kier alpha value is -1.83. The van der Waals surface area contributed by atoms with Gasteiger partial charge in [-0.3, -0.25) is 9.79 Å². The highest BCUT2D eigenvalue weighted by Gasteiger charge is 2.18. The molecule has 1 aromatic carbocycles. The van der Waals surface area contributed by atoms with Crippen molar-refractivity contribution in [2.75, 3.05) is 20.1 Å². The Morgan fingerprint density at radius 2 is 1.93 bits per heavy atom. The minimum absolute atomic E-state index is 0. The van der Waals surface area contributed by atoms with Crippen LogP contribution in [0.3, 0.4) is 0 Å². The van der Waals surface area contributed by atoms with E-state index in [0.29, 0.717) is 6.54 Å². The van der Waals surface area contributed by atoms with E-state index in [1.807, 2.05) is 19.3 Å². The zero-order valence-electron chi connectivity index (χ0n) is 16.1. The van der Waals surface area contributed by atoms with Gasteiger partial charge in [-0.05, 0) is 36.0 Å². The van der Waals surface area contributed by atoms with E-state index in [4.69, 9.17) is 0 Å². The van der Waals surface area contributed by atoms with Crippen LogP contribution in [0.5, 0.6) is 0 Å². The van der Waals surface area contributed by atoms with Crippen LogP contribution < -0.4 is 10.9 Å². The molecule has 0 amide bonds. The summed E-state index contributed by atoms with van der Waals surface area (Å²) in [5.41, 5.74) is 2.36. The highest BCUT2D eigenvalue weighted by atomic mass is 127. The molecule has 5 nitrogen and oxygen atoms in total. The number of guanidine groups is 1. The van der Waals surface area contributed by atoms with Crippen molar-refractivity contribution in [1.29, 1.82) is 0 Å². The summed E-state index contributed by atoms with van der Waals surface area (Å²) in [5.74, 6) is 1.71. The quantitative estimate of drug-likeness (QED) is 0.415. The van der Waals surface area contributed by atoms with Crippen LogP contribution in [0.25, 0.3) is 0 Å². The van der Waals surface area contributed by atoms with Gasteiger partial charge >= 0.3 is 0 Å². The first-order valence-electron chi connectivity index (χ1n) is 9.34. The lowest BCUT2D eigenvalue weighted by Gasteiger charge is -2.33. The third-order valence-electron chi connectivity index (χ3n) is 4.89. The van der Waals surface area contributed by atoms with Crippen LogP contribution >= 0.6 is 24.0 Å². The van der Waals surface area contributed by atoms with Crippen LogP contribution in [0.2, 0.25) is 0 Å². The van der Waals surface area contributed by atoms with Crippen molar-refractivity contribution < 1.29 is 0 Å². The molecule has 27 heavy (non-hydrogen) atoms. The molecule has 1 aliphatic heterocycles. The molecule has 0 aliphatic carbocycles. The zero-order chi connectivity index (χ0) is 18.4. The molecular weight excluding hydrogens is 451 g/mol. The molecule has 0 saturated carbocycles. The lowest BCUT2D eigenvalue weighted by atomic mass is 10.0. The monoisotopic (exact) mass is 480 g/mol. The van der Waals surface area contributed by atoms with Gasteiger partial charge in [0.2, 0.25) is 0 Å². The molecule has 3 rings (SSSR count). The van der Waals surface area contributed by atoms with E-state index in [1.54, 1.807) is 16.7 Å². The molecule has 2 heterocycles. The second kappa shape index (κ2) is 10.5. The largest absolute Gasteiger partial charge is 0.352 e. The number of aliphatic imine (C=N–C) groups is 1. The molecule has 6 heteroatoms. The first kappa shape index (κ1) is 21.5. The predicted molar refractivity (Wildman–Crippen MR) is 122 cm³/mol. The van der Waals surface area contributed by atoms with Crippen molar-refractivity contribution >= 4 is 29.9 Å². The predicted octanol–water partition coefficient (Wildman–Crippen LogP) is 3.32. The van der Waals surface area contributed by atoms with Gasteiger partial charge in [0.15, 0.2) is 5.96 Å². The first-order valence-corrected chi connectivity index (χ1v) is 9.34. The van der Waals surface area contributed by atoms with Crippen LogP contribution in [0.15, 0.2) is 58.4 Å². The van der Waals surface area contributed by atoms with Crippen molar-refractivity contribution in [2.45, 2.75) is 32.9 Å². The maximum atomic E-state index is 11.8. The Kier molecular flexibility index (Phi) is 8.34. The summed E-state index contributed by atoms with van der Waals surface area (Å²) in [6.45, 7) is 5.80. The van der Waals surface area contributed by atoms with E-state index >= 15 is 0 Å². The molecule has 0 spiro atoms. The van der Waals surface area contributed by atoms with Crippen molar-refractivity contribution in [3.05, 3.63) is 70.1 Å². The van der Waals surface area contributed by atoms with E-state index in [-0.39, 0.29) is 29.5 Å². The van der Waals surface area contributed by atoms with E-state index in [9.17, 15) is 4.79 Å². The van der Waals surface area contributed by atoms with Crippen LogP contribution in [0.4, 0.5) is 0 Å². The summed E-state index contributed by atoms with van der Waals surface area (Å²) in [6.07, 6.45) is 4.36. The molecule has 1 aliphatic rings. The smallest absolute Gasteiger partial charge is 0.250 e. The molecule has 2 aromatic rings. The summed E-state index contributed by atoms with van der Waals surface area (Å²) >= 11 is 0. The van der Waals surface area contributed by atoms with Gasteiger partial charge in [-0.1, -0.05) is 37.3 Å². The van der Waals surface area contributed by atoms with Gasteiger partial charge in [-0.2, -0.15) is 0 Å². The summed E-state index contributed by atoms with van der Waals surface area (Å²) in [7, 11) is 1.85. The van der Waals surface area contributed by atoms with Crippen LogP contribution in [0.1, 0.15) is 30.9 Å². The van der Waals surface area contributed by atoms with Gasteiger partial charge in [0.25, 0.3) is 5.56 Å². The number of benzene rings is 1. The summed E-state index contributed by atoms with van der Waals surface area (Å²) < 4.78 is 1.71. The molecule has 0 radical (unpaired) electrons. The fraction of sp³-hybridized carbons (Fsp3) is 0.429. The number of piperidine rings is 1. The minimum atomic E-state index is 0. The third-order valence-corrected chi connectivity index (χ3v) is 4.89. The number of nitrogens with zero attached hydrogens (tertiary/aromatic N) is 3. The van der Waals surface area contributed by atoms with Crippen molar-refractivity contribution in [3.8, 4) is 0 Å². The van der Waals surface area contributed by atoms with Crippen molar-refractivity contribution in [1.82, 2.24) is 14.8 Å². The molecule has 0 bridgehead atoms. The number of halogens is 1. The number of hydrogen-bond acceptors (Lipinski definition) is 2. The summed E-state index contributed by atoms with van der Waals surface area (Å²) in [6, 6.07) is 13.6. The second-order valence-corrected chi connectivity index (χ2v) is 7.08. The van der Waals surface area contributed by atoms with Gasteiger partial charge in [-0.25, -0.2) is 0 Å². The maximum Gasteiger partial charge on any atom is 0.250 e. The molecule has 146 valence electrons. The molecule has 1 N–H and O–H groups in total. The lowest BCUT2D eigenvalue weighted by molar-refractivity contribution is 0.266.